The average Bonchev–Trinajstić information content (AvgIpc) is 1.66. The normalized spacial score (nSPS) is 12.9. The smallest absolute Gasteiger partial charge is 0.269 e. The lowest BCUT2D eigenvalue weighted by molar-refractivity contribution is -0.385. The highest BCUT2D eigenvalue weighted by Gasteiger charge is 2.31. The summed E-state index contributed by atoms with van der Waals surface area (Å²) in [7, 11) is 0. The molecule has 133 heavy (non-hydrogen) atoms. The van der Waals surface area contributed by atoms with Crippen molar-refractivity contribution in [3.8, 4) is 0 Å². The molecule has 0 unspecified atom stereocenters. The van der Waals surface area contributed by atoms with Gasteiger partial charge in [-0.1, -0.05) is 228 Å². The predicted octanol–water partition coefficient (Wildman–Crippen LogP) is 20.9. The van der Waals surface area contributed by atoms with E-state index in [0.717, 1.165) is 39.6 Å². The second kappa shape index (κ2) is 39.4. The Labute approximate surface area is 771 Å². The zero-order valence-electron chi connectivity index (χ0n) is 77.5. The third kappa shape index (κ3) is 25.7. The lowest BCUT2D eigenvalue weighted by atomic mass is 9.86. The summed E-state index contributed by atoms with van der Waals surface area (Å²) in [5.74, 6) is 1.58. The summed E-state index contributed by atoms with van der Waals surface area (Å²) in [6.45, 7) is 41.5. The highest BCUT2D eigenvalue weighted by Crippen LogP contribution is 2.36. The van der Waals surface area contributed by atoms with Crippen LogP contribution in [0.5, 0.6) is 0 Å². The molecule has 4 aliphatic rings. The molecule has 0 fully saturated rings. The maximum Gasteiger partial charge on any atom is 0.269 e. The maximum absolute atomic E-state index is 12.0. The second-order valence-electron chi connectivity index (χ2n) is 38.1. The summed E-state index contributed by atoms with van der Waals surface area (Å²) in [6.07, 6.45) is 2.65. The molecule has 0 saturated heterocycles. The summed E-state index contributed by atoms with van der Waals surface area (Å²) >= 11 is 0. The number of nitrogens with zero attached hydrogens (tertiary/aromatic N) is 11. The van der Waals surface area contributed by atoms with Crippen LogP contribution in [0, 0.1) is 20.2 Å². The first-order chi connectivity index (χ1) is 62.5. The Bertz CT molecular complexity index is 6360. The van der Waals surface area contributed by atoms with Gasteiger partial charge >= 0.3 is 0 Å². The Morgan fingerprint density at radius 2 is 0.624 bits per heavy atom. The van der Waals surface area contributed by atoms with Crippen LogP contribution in [-0.4, -0.2) is 90.1 Å². The molecule has 0 atom stereocenters. The monoisotopic (exact) mass is 1790 g/mol. The summed E-state index contributed by atoms with van der Waals surface area (Å²) in [5.41, 5.74) is 19.7. The van der Waals surface area contributed by atoms with E-state index < -0.39 is 38.9 Å². The van der Waals surface area contributed by atoms with Gasteiger partial charge in [-0.2, -0.15) is 44.9 Å². The lowest BCUT2D eigenvalue weighted by Gasteiger charge is -2.19. The minimum Gasteiger partial charge on any atom is -0.399 e. The van der Waals surface area contributed by atoms with Gasteiger partial charge in [-0.3, -0.25) is 59.6 Å². The fourth-order valence-electron chi connectivity index (χ4n) is 13.4. The molecule has 10 aromatic carbocycles. The SMILES string of the molecule is C=Cc1ccc(C(C)(C)C)cc1.CC(C)(C)c1ccc(N)cc1.CC(C)(C)c1ccc2ccccc2c1.CC(C)(C)c1nc(Nc2ccc([N+](=O)[O-])cc2)nc(Nc2ccc([N+](=O)[O-])cc2)n1.CC(C)(C)c1nc(Nc2ccc3c(c2)C(=O)NC3=O)nc(Nc2ccc3c(c2)C(=O)NC3=O)n1.CC(C)(C)c1nc(Nc2ccc3c(c2)NC(=O)C3)nc(Nc2ccc3c(c2)NC(=O)C3)n1. The van der Waals surface area contributed by atoms with E-state index in [1.54, 1.807) is 60.7 Å². The van der Waals surface area contributed by atoms with E-state index in [2.05, 4.69) is 246 Å². The van der Waals surface area contributed by atoms with Crippen molar-refractivity contribution >= 4 is 151 Å². The Hall–Kier alpha value is -16.2. The Balaban J connectivity index is 0.000000151. The number of nitrogens with two attached hydrogens (primary N) is 1. The van der Waals surface area contributed by atoms with Crippen molar-refractivity contribution in [1.29, 1.82) is 0 Å². The molecular weight excluding hydrogens is 1680 g/mol. The summed E-state index contributed by atoms with van der Waals surface area (Å²) in [6, 6.07) is 64.4. The number of hydrogen-bond acceptors (Lipinski definition) is 26. The standard InChI is InChI=1S/C23H19N7O4.C23H23N7O2.C19H19N7O4.C14H16.C12H16.C10H15N/c1-23(2,3)20-28-21(24-10-4-6-12-14(8-10)18(33)26-16(12)31)30-22(29-20)25-11-5-7-13-15(9-11)19(34)27-17(13)32;1-23(2,3)20-28-21(24-14-6-4-12-8-18(31)26-16(12)10-14)30-22(29-20)25-15-7-5-13-9-19(32)27-17(13)11-15;1-19(2,3)16-22-17(20-12-4-8-14(9-5-12)25(27)28)24-18(23-16)21-13-6-10-15(11-7-13)26(29)30;1-14(2,3)13-9-8-11-6-4-5-7-12(11)10-13;1-5-10-6-8-11(9-7-10)12(2,3)4;1-10(2,3)8-4-6-9(11)7-5-8/h4-9H,1-3H3,(H,26,31,33)(H,27,32,34)(H2,24,25,28,29,30);4-7,10-11H,8-9H2,1-3H3,(H,26,31)(H,27,32)(H2,24,25,28,29,30);4-11H,1-3H3,(H2,20,21,22,23,24);4-10H,1-3H3;5-9H,1H2,2-4H3;4-7H,11H2,1-3H3. The largest absolute Gasteiger partial charge is 0.399 e. The molecule has 17 rings (SSSR count). The molecule has 0 aliphatic carbocycles. The van der Waals surface area contributed by atoms with Crippen molar-refractivity contribution in [3.05, 3.63) is 312 Å². The quantitative estimate of drug-likeness (QED) is 0.0196. The van der Waals surface area contributed by atoms with Gasteiger partial charge in [0.1, 0.15) is 17.5 Å². The van der Waals surface area contributed by atoms with E-state index in [9.17, 15) is 49.0 Å². The van der Waals surface area contributed by atoms with Gasteiger partial charge in [0.05, 0.1) is 44.9 Å². The van der Waals surface area contributed by atoms with E-state index in [4.69, 9.17) is 5.73 Å². The number of nitro groups is 2. The molecular formula is C101H108N22O10. The highest BCUT2D eigenvalue weighted by atomic mass is 16.6. The van der Waals surface area contributed by atoms with Crippen LogP contribution in [0.4, 0.5) is 98.3 Å². The van der Waals surface area contributed by atoms with Gasteiger partial charge in [0.25, 0.3) is 35.0 Å². The van der Waals surface area contributed by atoms with Crippen molar-refractivity contribution < 1.29 is 38.6 Å². The second-order valence-corrected chi connectivity index (χ2v) is 38.1. The number of anilines is 15. The first-order valence-electron chi connectivity index (χ1n) is 42.9. The molecule has 682 valence electrons. The van der Waals surface area contributed by atoms with Gasteiger partial charge in [0.15, 0.2) is 0 Å². The fraction of sp³-hybridized carbons (Fsp3) is 0.257. The molecule has 0 bridgehead atoms. The zero-order chi connectivity index (χ0) is 96.4. The number of hydrogen-bond donors (Lipinski definition) is 11. The van der Waals surface area contributed by atoms with Crippen molar-refractivity contribution in [2.45, 2.75) is 170 Å². The fourth-order valence-corrected chi connectivity index (χ4v) is 13.4. The lowest BCUT2D eigenvalue weighted by Crippen LogP contribution is -2.20. The number of aromatic nitrogens is 9. The van der Waals surface area contributed by atoms with Gasteiger partial charge in [-0.25, -0.2) is 0 Å². The van der Waals surface area contributed by atoms with Crippen LogP contribution in [-0.2, 0) is 54.9 Å². The molecule has 13 aromatic rings. The molecule has 12 N–H and O–H groups in total. The molecule has 4 aliphatic heterocycles. The maximum atomic E-state index is 12.0. The predicted molar refractivity (Wildman–Crippen MR) is 523 cm³/mol. The summed E-state index contributed by atoms with van der Waals surface area (Å²) in [4.78, 5) is 132. The number of imide groups is 2. The number of benzene rings is 10. The van der Waals surface area contributed by atoms with Crippen molar-refractivity contribution in [2.24, 2.45) is 0 Å². The number of carbonyl (C=O) groups excluding carboxylic acids is 6. The topological polar surface area (TPSA) is 451 Å². The molecule has 6 amide bonds. The number of carbonyl (C=O) groups is 6. The average molecular weight is 1790 g/mol. The van der Waals surface area contributed by atoms with Gasteiger partial charge < -0.3 is 48.3 Å². The van der Waals surface area contributed by atoms with Crippen LogP contribution >= 0.6 is 0 Å². The van der Waals surface area contributed by atoms with E-state index in [1.165, 1.54) is 57.3 Å². The Morgan fingerprint density at radius 1 is 0.323 bits per heavy atom. The Morgan fingerprint density at radius 3 is 0.955 bits per heavy atom. The van der Waals surface area contributed by atoms with Crippen LogP contribution in [0.25, 0.3) is 16.8 Å². The van der Waals surface area contributed by atoms with Crippen molar-refractivity contribution in [3.63, 3.8) is 0 Å². The number of nitrogens with one attached hydrogen (secondary N) is 10. The number of non-ortho nitro benzene ring substituents is 2. The minimum atomic E-state index is -0.476. The third-order valence-corrected chi connectivity index (χ3v) is 21.0. The number of nitro benzene ring substituents is 2. The van der Waals surface area contributed by atoms with Gasteiger partial charge in [-0.05, 0) is 157 Å². The van der Waals surface area contributed by atoms with Crippen LogP contribution < -0.4 is 58.9 Å². The zero-order valence-corrected chi connectivity index (χ0v) is 77.5. The third-order valence-electron chi connectivity index (χ3n) is 21.0. The first-order valence-corrected chi connectivity index (χ1v) is 42.9. The Kier molecular flexibility index (Phi) is 28.4. The van der Waals surface area contributed by atoms with Crippen LogP contribution in [0.3, 0.4) is 0 Å². The van der Waals surface area contributed by atoms with Gasteiger partial charge in [-0.15, -0.1) is 0 Å². The first kappa shape index (κ1) is 95.9. The van der Waals surface area contributed by atoms with Crippen molar-refractivity contribution in [1.82, 2.24) is 55.5 Å². The number of fused-ring (bicyclic) bond motifs is 5. The molecule has 0 saturated carbocycles. The number of nitrogen functional groups attached to an aromatic ring is 1. The number of amides is 6. The van der Waals surface area contributed by atoms with Crippen molar-refractivity contribution in [2.75, 3.05) is 48.3 Å². The highest BCUT2D eigenvalue weighted by molar-refractivity contribution is 6.22. The molecule has 0 radical (unpaired) electrons. The van der Waals surface area contributed by atoms with Crippen LogP contribution in [0.2, 0.25) is 0 Å². The minimum absolute atomic E-state index is 0.00986. The molecule has 32 nitrogen and oxygen atoms in total. The van der Waals surface area contributed by atoms with Gasteiger partial charge in [0, 0.05) is 91.7 Å². The van der Waals surface area contributed by atoms with E-state index in [-0.39, 0.29) is 85.2 Å². The van der Waals surface area contributed by atoms with Crippen LogP contribution in [0.15, 0.2) is 219 Å². The molecule has 0 spiro atoms. The van der Waals surface area contributed by atoms with E-state index in [1.807, 2.05) is 117 Å². The van der Waals surface area contributed by atoms with E-state index in [0.29, 0.717) is 76.1 Å². The molecule has 3 aromatic heterocycles. The molecule has 32 heteroatoms. The summed E-state index contributed by atoms with van der Waals surface area (Å²) < 4.78 is 0. The van der Waals surface area contributed by atoms with Gasteiger partial charge in [0.2, 0.25) is 47.5 Å². The van der Waals surface area contributed by atoms with Crippen LogP contribution in [0.1, 0.15) is 217 Å². The molecule has 7 heterocycles. The van der Waals surface area contributed by atoms with E-state index >= 15 is 0 Å². The number of rotatable bonds is 15. The summed E-state index contributed by atoms with van der Waals surface area (Å²) in [5, 5.41) is 53.1.